The number of anilines is 2. The maximum atomic E-state index is 14.3. The number of alkyl halides is 1. The molecule has 4 aromatic heterocycles. The number of hydrogen-bond donors (Lipinski definition) is 4. The first-order chi connectivity index (χ1) is 18.2. The second-order valence-electron chi connectivity index (χ2n) is 9.84. The summed E-state index contributed by atoms with van der Waals surface area (Å²) in [6.45, 7) is 4.10. The molecular weight excluding hydrogens is 489 g/mol. The summed E-state index contributed by atoms with van der Waals surface area (Å²) in [5, 5.41) is 37.0. The van der Waals surface area contributed by atoms with E-state index in [1.165, 1.54) is 26.2 Å². The Morgan fingerprint density at radius 1 is 1.32 bits per heavy atom. The van der Waals surface area contributed by atoms with Crippen LogP contribution in [0.3, 0.4) is 0 Å². The number of carbonyl (C=O) groups is 1. The molecule has 11 nitrogen and oxygen atoms in total. The van der Waals surface area contributed by atoms with Gasteiger partial charge in [-0.15, -0.1) is 0 Å². The summed E-state index contributed by atoms with van der Waals surface area (Å²) < 4.78 is 17.8. The Labute approximate surface area is 218 Å². The lowest BCUT2D eigenvalue weighted by Gasteiger charge is -2.22. The van der Waals surface area contributed by atoms with Crippen LogP contribution in [0.2, 0.25) is 0 Å². The number of aliphatic hydroxyl groups is 1. The van der Waals surface area contributed by atoms with Crippen molar-refractivity contribution in [1.29, 1.82) is 5.26 Å². The van der Waals surface area contributed by atoms with Gasteiger partial charge in [-0.1, -0.05) is 0 Å². The van der Waals surface area contributed by atoms with Crippen LogP contribution in [-0.2, 0) is 0 Å². The van der Waals surface area contributed by atoms with Crippen LogP contribution >= 0.6 is 0 Å². The summed E-state index contributed by atoms with van der Waals surface area (Å²) in [5.74, 6) is -0.539. The van der Waals surface area contributed by atoms with Gasteiger partial charge in [-0.25, -0.2) is 8.91 Å². The molecule has 0 saturated carbocycles. The van der Waals surface area contributed by atoms with Crippen molar-refractivity contribution >= 4 is 22.8 Å². The number of pyridine rings is 1. The van der Waals surface area contributed by atoms with Crippen LogP contribution in [0, 0.1) is 11.3 Å². The normalized spacial score (nSPS) is 16.3. The maximum absolute atomic E-state index is 14.3. The predicted octanol–water partition coefficient (Wildman–Crippen LogP) is 2.58. The summed E-state index contributed by atoms with van der Waals surface area (Å²) in [4.78, 5) is 17.5. The fourth-order valence-corrected chi connectivity index (χ4v) is 4.28. The summed E-state index contributed by atoms with van der Waals surface area (Å²) in [5.41, 5.74) is 2.10. The average molecular weight is 518 g/mol. The topological polar surface area (TPSA) is 145 Å². The molecule has 1 aliphatic rings. The van der Waals surface area contributed by atoms with Gasteiger partial charge in [0.1, 0.15) is 12.2 Å². The van der Waals surface area contributed by atoms with E-state index in [1.54, 1.807) is 22.8 Å². The van der Waals surface area contributed by atoms with Gasteiger partial charge in [0.05, 0.1) is 70.0 Å². The fourth-order valence-electron chi connectivity index (χ4n) is 4.28. The third-order valence-electron chi connectivity index (χ3n) is 6.54. The van der Waals surface area contributed by atoms with E-state index in [4.69, 9.17) is 5.26 Å². The molecule has 1 fully saturated rings. The highest BCUT2D eigenvalue weighted by Crippen LogP contribution is 2.28. The highest BCUT2D eigenvalue weighted by atomic mass is 19.1. The highest BCUT2D eigenvalue weighted by molar-refractivity contribution is 6.00. The smallest absolute Gasteiger partial charge is 0.255 e. The largest absolute Gasteiger partial charge is 0.387 e. The first-order valence-corrected chi connectivity index (χ1v) is 12.3. The molecule has 196 valence electrons. The number of rotatable bonds is 8. The van der Waals surface area contributed by atoms with Crippen molar-refractivity contribution in [2.45, 2.75) is 38.1 Å². The second kappa shape index (κ2) is 10.2. The lowest BCUT2D eigenvalue weighted by Crippen LogP contribution is -2.42. The van der Waals surface area contributed by atoms with Gasteiger partial charge in [0.25, 0.3) is 5.91 Å². The van der Waals surface area contributed by atoms with Gasteiger partial charge in [0.2, 0.25) is 0 Å². The van der Waals surface area contributed by atoms with Gasteiger partial charge in [0, 0.05) is 18.9 Å². The number of nitrogens with one attached hydrogen (secondary N) is 3. The van der Waals surface area contributed by atoms with Gasteiger partial charge in [-0.2, -0.15) is 15.5 Å². The van der Waals surface area contributed by atoms with E-state index >= 15 is 0 Å². The van der Waals surface area contributed by atoms with Gasteiger partial charge in [-0.05, 0) is 51.1 Å². The van der Waals surface area contributed by atoms with E-state index in [2.05, 4.69) is 37.2 Å². The molecular formula is C26H28FN9O2. The van der Waals surface area contributed by atoms with E-state index in [9.17, 15) is 14.3 Å². The lowest BCUT2D eigenvalue weighted by atomic mass is 10.0. The minimum absolute atomic E-state index is 0.201. The van der Waals surface area contributed by atoms with Crippen molar-refractivity contribution in [2.75, 3.05) is 25.0 Å². The third kappa shape index (κ3) is 5.20. The monoisotopic (exact) mass is 517 g/mol. The van der Waals surface area contributed by atoms with Crippen molar-refractivity contribution < 1.29 is 14.3 Å². The standard InChI is InChI=1S/C26H28FN9O2/c1-26(2,38)24(27)14-31-25(37)20-13-30-22(23-4-3-18-7-16(9-28)10-33-36(18)23)8-21(20)34-17-11-32-35(15-17)19-5-6-29-12-19/h3-4,7-8,10-11,13,15,19,24,29,38H,5-6,12,14H2,1-2H3,(H,30,34)(H,31,37)/t19-,24+/m0/s1. The Morgan fingerprint density at radius 2 is 2.16 bits per heavy atom. The molecule has 5 heterocycles. The summed E-state index contributed by atoms with van der Waals surface area (Å²) in [6.07, 6.45) is 5.77. The quantitative estimate of drug-likeness (QED) is 0.279. The van der Waals surface area contributed by atoms with Gasteiger partial charge in [-0.3, -0.25) is 14.5 Å². The molecule has 5 rings (SSSR count). The molecule has 0 aromatic carbocycles. The Balaban J connectivity index is 1.48. The highest BCUT2D eigenvalue weighted by Gasteiger charge is 2.27. The first kappa shape index (κ1) is 25.3. The number of amides is 1. The van der Waals surface area contributed by atoms with Crippen LogP contribution in [0.5, 0.6) is 0 Å². The number of nitriles is 1. The van der Waals surface area contributed by atoms with Crippen LogP contribution in [0.4, 0.5) is 15.8 Å². The Bertz CT molecular complexity index is 1510. The van der Waals surface area contributed by atoms with Crippen LogP contribution in [-0.4, -0.2) is 66.8 Å². The molecule has 0 aliphatic carbocycles. The van der Waals surface area contributed by atoms with Crippen molar-refractivity contribution in [3.05, 3.63) is 60.2 Å². The third-order valence-corrected chi connectivity index (χ3v) is 6.54. The maximum Gasteiger partial charge on any atom is 0.255 e. The number of carbonyl (C=O) groups excluding carboxylic acids is 1. The number of aromatic nitrogens is 5. The molecule has 0 unspecified atom stereocenters. The molecule has 0 bridgehead atoms. The van der Waals surface area contributed by atoms with Crippen molar-refractivity contribution in [2.24, 2.45) is 0 Å². The SMILES string of the molecule is CC(C)(O)[C@H](F)CNC(=O)c1cnc(-c2ccc3cc(C#N)cnn23)cc1Nc1cnn([C@H]2CCNC2)c1. The van der Waals surface area contributed by atoms with Gasteiger partial charge >= 0.3 is 0 Å². The first-order valence-electron chi connectivity index (χ1n) is 12.3. The zero-order valence-electron chi connectivity index (χ0n) is 21.0. The summed E-state index contributed by atoms with van der Waals surface area (Å²) >= 11 is 0. The van der Waals surface area contributed by atoms with Crippen molar-refractivity contribution in [3.63, 3.8) is 0 Å². The van der Waals surface area contributed by atoms with Crippen LogP contribution in [0.1, 0.15) is 42.2 Å². The number of hydrogen-bond acceptors (Lipinski definition) is 8. The van der Waals surface area contributed by atoms with E-state index < -0.39 is 17.7 Å². The average Bonchev–Trinajstić information content (AvgIpc) is 3.67. The molecule has 1 aliphatic heterocycles. The predicted molar refractivity (Wildman–Crippen MR) is 139 cm³/mol. The molecule has 2 atom stereocenters. The van der Waals surface area contributed by atoms with E-state index in [0.717, 1.165) is 25.0 Å². The Kier molecular flexibility index (Phi) is 6.79. The zero-order chi connectivity index (χ0) is 26.9. The Hall–Kier alpha value is -4.34. The summed E-state index contributed by atoms with van der Waals surface area (Å²) in [7, 11) is 0. The van der Waals surface area contributed by atoms with Crippen molar-refractivity contribution in [3.8, 4) is 17.5 Å². The number of nitrogens with zero attached hydrogens (tertiary/aromatic N) is 6. The van der Waals surface area contributed by atoms with Crippen LogP contribution in [0.15, 0.2) is 49.1 Å². The fraction of sp³-hybridized carbons (Fsp3) is 0.346. The minimum Gasteiger partial charge on any atom is -0.387 e. The molecule has 1 amide bonds. The van der Waals surface area contributed by atoms with Crippen LogP contribution < -0.4 is 16.0 Å². The minimum atomic E-state index is -1.65. The molecule has 12 heteroatoms. The second-order valence-corrected chi connectivity index (χ2v) is 9.84. The molecule has 0 radical (unpaired) electrons. The lowest BCUT2D eigenvalue weighted by molar-refractivity contribution is -0.00177. The van der Waals surface area contributed by atoms with E-state index in [-0.39, 0.29) is 18.2 Å². The molecule has 4 aromatic rings. The van der Waals surface area contributed by atoms with Gasteiger partial charge in [0.15, 0.2) is 0 Å². The van der Waals surface area contributed by atoms with E-state index in [1.807, 2.05) is 23.0 Å². The molecule has 1 saturated heterocycles. The van der Waals surface area contributed by atoms with Crippen LogP contribution in [0.25, 0.3) is 16.9 Å². The zero-order valence-corrected chi connectivity index (χ0v) is 21.0. The number of halogens is 1. The molecule has 38 heavy (non-hydrogen) atoms. The van der Waals surface area contributed by atoms with Gasteiger partial charge < -0.3 is 21.1 Å². The van der Waals surface area contributed by atoms with E-state index in [0.29, 0.717) is 28.3 Å². The Morgan fingerprint density at radius 3 is 2.89 bits per heavy atom. The molecule has 0 spiro atoms. The molecule has 4 N–H and O–H groups in total. The summed E-state index contributed by atoms with van der Waals surface area (Å²) in [6, 6.07) is 9.43. The van der Waals surface area contributed by atoms with Crippen molar-refractivity contribution in [1.82, 2.24) is 35.0 Å². The number of fused-ring (bicyclic) bond motifs is 1.